The first-order valence-electron chi connectivity index (χ1n) is 12.0. The summed E-state index contributed by atoms with van der Waals surface area (Å²) in [5.74, 6) is -0.0782. The predicted octanol–water partition coefficient (Wildman–Crippen LogP) is 8.22. The van der Waals surface area contributed by atoms with Gasteiger partial charge >= 0.3 is 0 Å². The van der Waals surface area contributed by atoms with E-state index in [0.717, 1.165) is 28.0 Å². The molecular formula is C29H25N5O4S. The molecule has 0 fully saturated rings. The Morgan fingerprint density at radius 2 is 1.44 bits per heavy atom. The van der Waals surface area contributed by atoms with Gasteiger partial charge in [0.25, 0.3) is 0 Å². The minimum atomic E-state index is -3.51. The van der Waals surface area contributed by atoms with E-state index in [9.17, 15) is 18.6 Å². The molecule has 0 aliphatic rings. The van der Waals surface area contributed by atoms with Gasteiger partial charge in [-0.2, -0.15) is 5.11 Å². The Morgan fingerprint density at radius 1 is 0.718 bits per heavy atom. The van der Waals surface area contributed by atoms with Crippen LogP contribution in [0.15, 0.2) is 99.3 Å². The van der Waals surface area contributed by atoms with Crippen molar-refractivity contribution in [2.45, 2.75) is 13.8 Å². The minimum Gasteiger partial charge on any atom is -0.506 e. The van der Waals surface area contributed by atoms with E-state index in [-0.39, 0.29) is 22.9 Å². The van der Waals surface area contributed by atoms with Crippen LogP contribution < -0.4 is 4.72 Å². The fraction of sp³-hybridized carbons (Fsp3) is 0.103. The Kier molecular flexibility index (Phi) is 6.71. The zero-order valence-corrected chi connectivity index (χ0v) is 22.2. The van der Waals surface area contributed by atoms with Crippen LogP contribution in [0, 0.1) is 13.8 Å². The number of para-hydroxylation sites is 1. The first-order chi connectivity index (χ1) is 18.6. The SMILES string of the molecule is Cc1ccc2c(N=Nc3ccc4cc(C)c(/N=N/c5ccccc5NS(C)(=O)=O)c(O)c4c3)c(O)ccc2c1. The normalized spacial score (nSPS) is 12.2. The molecule has 5 aromatic carbocycles. The summed E-state index contributed by atoms with van der Waals surface area (Å²) in [5, 5.41) is 41.6. The molecule has 0 unspecified atom stereocenters. The summed E-state index contributed by atoms with van der Waals surface area (Å²) in [6, 6.07) is 23.0. The number of nitrogens with one attached hydrogen (secondary N) is 1. The highest BCUT2D eigenvalue weighted by Gasteiger charge is 2.13. The van der Waals surface area contributed by atoms with E-state index in [1.807, 2.05) is 43.3 Å². The zero-order valence-electron chi connectivity index (χ0n) is 21.4. The summed E-state index contributed by atoms with van der Waals surface area (Å²) in [4.78, 5) is 0. The number of azo groups is 2. The van der Waals surface area contributed by atoms with Gasteiger partial charge in [-0.15, -0.1) is 15.3 Å². The molecule has 39 heavy (non-hydrogen) atoms. The van der Waals surface area contributed by atoms with E-state index in [2.05, 4.69) is 25.2 Å². The van der Waals surface area contributed by atoms with Crippen molar-refractivity contribution >= 4 is 60.0 Å². The number of sulfonamides is 1. The maximum atomic E-state index is 11.7. The van der Waals surface area contributed by atoms with Crippen molar-refractivity contribution in [3.8, 4) is 11.5 Å². The molecule has 5 rings (SSSR count). The topological polar surface area (TPSA) is 136 Å². The smallest absolute Gasteiger partial charge is 0.229 e. The van der Waals surface area contributed by atoms with Gasteiger partial charge < -0.3 is 10.2 Å². The molecule has 0 heterocycles. The van der Waals surface area contributed by atoms with Crippen LogP contribution in [0.4, 0.5) is 28.4 Å². The second-order valence-corrected chi connectivity index (χ2v) is 11.0. The molecular weight excluding hydrogens is 514 g/mol. The average molecular weight is 540 g/mol. The van der Waals surface area contributed by atoms with Crippen molar-refractivity contribution in [2.75, 3.05) is 11.0 Å². The molecule has 3 N–H and O–H groups in total. The van der Waals surface area contributed by atoms with Crippen molar-refractivity contribution in [1.82, 2.24) is 0 Å². The predicted molar refractivity (Wildman–Crippen MR) is 154 cm³/mol. The molecule has 0 spiro atoms. The Morgan fingerprint density at radius 3 is 2.23 bits per heavy atom. The number of rotatable bonds is 6. The van der Waals surface area contributed by atoms with Crippen LogP contribution >= 0.6 is 0 Å². The molecule has 0 saturated carbocycles. The van der Waals surface area contributed by atoms with Gasteiger partial charge in [0, 0.05) is 10.8 Å². The lowest BCUT2D eigenvalue weighted by Gasteiger charge is -2.09. The van der Waals surface area contributed by atoms with Gasteiger partial charge in [-0.3, -0.25) is 4.72 Å². The first-order valence-corrected chi connectivity index (χ1v) is 13.9. The quantitative estimate of drug-likeness (QED) is 0.187. The van der Waals surface area contributed by atoms with Crippen LogP contribution in [0.3, 0.4) is 0 Å². The van der Waals surface area contributed by atoms with E-state index >= 15 is 0 Å². The molecule has 0 atom stereocenters. The maximum Gasteiger partial charge on any atom is 0.229 e. The van der Waals surface area contributed by atoms with Crippen LogP contribution in [-0.2, 0) is 10.0 Å². The summed E-state index contributed by atoms with van der Waals surface area (Å²) in [7, 11) is -3.51. The van der Waals surface area contributed by atoms with Gasteiger partial charge in [0.1, 0.15) is 22.8 Å². The van der Waals surface area contributed by atoms with E-state index in [4.69, 9.17) is 0 Å². The van der Waals surface area contributed by atoms with Gasteiger partial charge in [0.2, 0.25) is 10.0 Å². The van der Waals surface area contributed by atoms with E-state index in [1.165, 1.54) is 0 Å². The highest BCUT2D eigenvalue weighted by molar-refractivity contribution is 7.92. The fourth-order valence-electron chi connectivity index (χ4n) is 4.26. The van der Waals surface area contributed by atoms with Crippen LogP contribution in [-0.4, -0.2) is 24.9 Å². The number of fused-ring (bicyclic) bond motifs is 2. The van der Waals surface area contributed by atoms with Crippen LogP contribution in [0.1, 0.15) is 11.1 Å². The molecule has 0 saturated heterocycles. The number of benzene rings is 5. The van der Waals surface area contributed by atoms with Crippen LogP contribution in [0.5, 0.6) is 11.5 Å². The van der Waals surface area contributed by atoms with E-state index in [0.29, 0.717) is 28.0 Å². The summed E-state index contributed by atoms with van der Waals surface area (Å²) >= 11 is 0. The Bertz CT molecular complexity index is 1920. The van der Waals surface area contributed by atoms with Crippen molar-refractivity contribution < 1.29 is 18.6 Å². The molecule has 9 nitrogen and oxygen atoms in total. The number of phenols is 2. The van der Waals surface area contributed by atoms with Crippen LogP contribution in [0.25, 0.3) is 21.5 Å². The van der Waals surface area contributed by atoms with E-state index in [1.54, 1.807) is 49.4 Å². The summed E-state index contributed by atoms with van der Waals surface area (Å²) in [5.41, 5.74) is 3.42. The number of nitrogens with zero attached hydrogens (tertiary/aromatic N) is 4. The van der Waals surface area contributed by atoms with Gasteiger partial charge in [-0.25, -0.2) is 8.42 Å². The Balaban J connectivity index is 1.52. The third-order valence-corrected chi connectivity index (χ3v) is 6.70. The Hall–Kier alpha value is -4.83. The second-order valence-electron chi connectivity index (χ2n) is 9.25. The number of phenolic OH excluding ortho intramolecular Hbond substituents is 2. The molecule has 0 aromatic heterocycles. The third-order valence-electron chi connectivity index (χ3n) is 6.11. The van der Waals surface area contributed by atoms with Crippen molar-refractivity contribution in [2.24, 2.45) is 20.5 Å². The Labute approximate surface area is 225 Å². The van der Waals surface area contributed by atoms with Gasteiger partial charge in [-0.1, -0.05) is 48.0 Å². The molecule has 0 radical (unpaired) electrons. The number of anilines is 1. The maximum absolute atomic E-state index is 11.7. The van der Waals surface area contributed by atoms with Crippen molar-refractivity contribution in [3.63, 3.8) is 0 Å². The van der Waals surface area contributed by atoms with Crippen molar-refractivity contribution in [3.05, 3.63) is 90.0 Å². The lowest BCUT2D eigenvalue weighted by atomic mass is 10.0. The molecule has 0 aliphatic heterocycles. The zero-order chi connectivity index (χ0) is 27.7. The number of hydrogen-bond acceptors (Lipinski definition) is 8. The second kappa shape index (κ2) is 10.1. The largest absolute Gasteiger partial charge is 0.506 e. The molecule has 196 valence electrons. The molecule has 5 aromatic rings. The van der Waals surface area contributed by atoms with Gasteiger partial charge in [0.05, 0.1) is 17.6 Å². The molecule has 10 heteroatoms. The van der Waals surface area contributed by atoms with Crippen LogP contribution in [0.2, 0.25) is 0 Å². The standard InChI is InChI=1S/C29H25N5O4S/c1-17-8-12-22-19(14-17)10-13-26(35)28(22)33-30-21-11-9-20-15-18(2)27(29(36)23(20)16-21)32-31-24-6-4-5-7-25(24)34-39(3,37)38/h4-16,34-36H,1-3H3/b32-31+,33-30?. The minimum absolute atomic E-state index is 0.0164. The fourth-order valence-corrected chi connectivity index (χ4v) is 4.84. The van der Waals surface area contributed by atoms with Gasteiger partial charge in [0.15, 0.2) is 5.75 Å². The number of aryl methyl sites for hydroxylation is 2. The number of aromatic hydroxyl groups is 2. The lowest BCUT2D eigenvalue weighted by molar-refractivity contribution is 0.477. The number of hydrogen-bond donors (Lipinski definition) is 3. The average Bonchev–Trinajstić information content (AvgIpc) is 2.88. The highest BCUT2D eigenvalue weighted by Crippen LogP contribution is 2.41. The molecule has 0 bridgehead atoms. The van der Waals surface area contributed by atoms with E-state index < -0.39 is 10.0 Å². The summed E-state index contributed by atoms with van der Waals surface area (Å²) in [6.07, 6.45) is 1.05. The third kappa shape index (κ3) is 5.55. The monoisotopic (exact) mass is 539 g/mol. The van der Waals surface area contributed by atoms with Gasteiger partial charge in [-0.05, 0) is 66.6 Å². The lowest BCUT2D eigenvalue weighted by Crippen LogP contribution is -2.09. The summed E-state index contributed by atoms with van der Waals surface area (Å²) in [6.45, 7) is 3.79. The first kappa shape index (κ1) is 25.8. The summed E-state index contributed by atoms with van der Waals surface area (Å²) < 4.78 is 25.8. The van der Waals surface area contributed by atoms with Crippen molar-refractivity contribution in [1.29, 1.82) is 0 Å². The molecule has 0 aliphatic carbocycles. The highest BCUT2D eigenvalue weighted by atomic mass is 32.2. The molecule has 0 amide bonds.